The zero-order valence-electron chi connectivity index (χ0n) is 13.7. The second-order valence-corrected chi connectivity index (χ2v) is 7.80. The van der Waals surface area contributed by atoms with Crippen LogP contribution >= 0.6 is 11.3 Å². The smallest absolute Gasteiger partial charge is 0.229 e. The molecule has 4 rings (SSSR count). The van der Waals surface area contributed by atoms with Crippen LogP contribution in [0.4, 0.5) is 13.9 Å². The highest BCUT2D eigenvalue weighted by molar-refractivity contribution is 7.15. The molecule has 7 heteroatoms. The van der Waals surface area contributed by atoms with Crippen molar-refractivity contribution in [1.29, 1.82) is 0 Å². The van der Waals surface area contributed by atoms with Crippen molar-refractivity contribution in [2.24, 2.45) is 5.92 Å². The van der Waals surface area contributed by atoms with Gasteiger partial charge >= 0.3 is 0 Å². The quantitative estimate of drug-likeness (QED) is 0.901. The minimum Gasteiger partial charge on any atom is -0.302 e. The fourth-order valence-electron chi connectivity index (χ4n) is 3.21. The standard InChI is InChI=1S/C18H19F2N3OS/c19-13-5-4-11(8-14(13)20)9-23-7-6-15-16(10-23)25-18(21-15)22-17(24)12-2-1-3-12/h4-5,8,12H,1-3,6-7,9-10H2,(H,21,22,24). The van der Waals surface area contributed by atoms with Crippen LogP contribution in [-0.4, -0.2) is 22.3 Å². The van der Waals surface area contributed by atoms with E-state index in [0.29, 0.717) is 18.2 Å². The van der Waals surface area contributed by atoms with Gasteiger partial charge in [0, 0.05) is 36.9 Å². The van der Waals surface area contributed by atoms with Gasteiger partial charge in [0.15, 0.2) is 16.8 Å². The van der Waals surface area contributed by atoms with Gasteiger partial charge in [-0.05, 0) is 30.5 Å². The molecular weight excluding hydrogens is 344 g/mol. The molecule has 1 fully saturated rings. The highest BCUT2D eigenvalue weighted by Gasteiger charge is 2.27. The van der Waals surface area contributed by atoms with Gasteiger partial charge in [0.05, 0.1) is 5.69 Å². The summed E-state index contributed by atoms with van der Waals surface area (Å²) in [5, 5.41) is 3.62. The Balaban J connectivity index is 1.40. The fourth-order valence-corrected chi connectivity index (χ4v) is 4.26. The highest BCUT2D eigenvalue weighted by atomic mass is 32.1. The summed E-state index contributed by atoms with van der Waals surface area (Å²) >= 11 is 1.52. The van der Waals surface area contributed by atoms with Crippen molar-refractivity contribution >= 4 is 22.4 Å². The van der Waals surface area contributed by atoms with Crippen molar-refractivity contribution in [2.75, 3.05) is 11.9 Å². The monoisotopic (exact) mass is 363 g/mol. The molecule has 2 aliphatic rings. The molecule has 132 valence electrons. The van der Waals surface area contributed by atoms with Crippen LogP contribution in [0.25, 0.3) is 0 Å². The predicted octanol–water partition coefficient (Wildman–Crippen LogP) is 3.72. The Morgan fingerprint density at radius 2 is 2.16 bits per heavy atom. The molecule has 2 heterocycles. The Kier molecular flexibility index (Phi) is 4.52. The molecule has 1 aromatic heterocycles. The fraction of sp³-hybridized carbons (Fsp3) is 0.444. The molecule has 1 aliphatic heterocycles. The lowest BCUT2D eigenvalue weighted by Gasteiger charge is -2.25. The molecule has 0 spiro atoms. The van der Waals surface area contributed by atoms with E-state index < -0.39 is 11.6 Å². The maximum Gasteiger partial charge on any atom is 0.229 e. The Bertz CT molecular complexity index is 804. The summed E-state index contributed by atoms with van der Waals surface area (Å²) in [5.41, 5.74) is 1.79. The Hall–Kier alpha value is -1.86. The number of hydrogen-bond acceptors (Lipinski definition) is 4. The second-order valence-electron chi connectivity index (χ2n) is 6.72. The Morgan fingerprint density at radius 1 is 1.32 bits per heavy atom. The summed E-state index contributed by atoms with van der Waals surface area (Å²) in [7, 11) is 0. The third kappa shape index (κ3) is 3.57. The lowest BCUT2D eigenvalue weighted by atomic mass is 9.85. The van der Waals surface area contributed by atoms with Crippen molar-refractivity contribution in [2.45, 2.75) is 38.8 Å². The Labute approximate surface area is 148 Å². The summed E-state index contributed by atoms with van der Waals surface area (Å²) in [6.07, 6.45) is 3.87. The van der Waals surface area contributed by atoms with E-state index in [0.717, 1.165) is 48.4 Å². The molecular formula is C18H19F2N3OS. The lowest BCUT2D eigenvalue weighted by Crippen LogP contribution is -2.29. The topological polar surface area (TPSA) is 45.2 Å². The van der Waals surface area contributed by atoms with Gasteiger partial charge in [-0.1, -0.05) is 12.5 Å². The third-order valence-electron chi connectivity index (χ3n) is 4.91. The van der Waals surface area contributed by atoms with E-state index in [1.165, 1.54) is 23.5 Å². The van der Waals surface area contributed by atoms with Crippen molar-refractivity contribution in [3.05, 3.63) is 46.0 Å². The van der Waals surface area contributed by atoms with Crippen LogP contribution < -0.4 is 5.32 Å². The number of carbonyl (C=O) groups is 1. The summed E-state index contributed by atoms with van der Waals surface area (Å²) in [5.74, 6) is -1.41. The van der Waals surface area contributed by atoms with Crippen LogP contribution in [0.1, 0.15) is 35.4 Å². The normalized spacial score (nSPS) is 17.8. The van der Waals surface area contributed by atoms with Gasteiger partial charge in [0.1, 0.15) is 0 Å². The maximum atomic E-state index is 13.4. The number of hydrogen-bond donors (Lipinski definition) is 1. The van der Waals surface area contributed by atoms with Crippen molar-refractivity contribution in [3.63, 3.8) is 0 Å². The van der Waals surface area contributed by atoms with Gasteiger partial charge in [-0.25, -0.2) is 13.8 Å². The van der Waals surface area contributed by atoms with Crippen LogP contribution in [-0.2, 0) is 24.3 Å². The van der Waals surface area contributed by atoms with Crippen LogP contribution in [0, 0.1) is 17.6 Å². The number of fused-ring (bicyclic) bond motifs is 1. The van der Waals surface area contributed by atoms with E-state index in [-0.39, 0.29) is 11.8 Å². The highest BCUT2D eigenvalue weighted by Crippen LogP contribution is 2.31. The number of aromatic nitrogens is 1. The lowest BCUT2D eigenvalue weighted by molar-refractivity contribution is -0.122. The van der Waals surface area contributed by atoms with Crippen LogP contribution in [0.5, 0.6) is 0 Å². The SMILES string of the molecule is O=C(Nc1nc2c(s1)CN(Cc1ccc(F)c(F)c1)CC2)C1CCC1. The van der Waals surface area contributed by atoms with E-state index in [2.05, 4.69) is 15.2 Å². The average molecular weight is 363 g/mol. The predicted molar refractivity (Wildman–Crippen MR) is 92.3 cm³/mol. The number of amides is 1. The first-order valence-corrected chi connectivity index (χ1v) is 9.36. The number of thiazole rings is 1. The molecule has 2 aromatic rings. The van der Waals surface area contributed by atoms with Crippen molar-refractivity contribution < 1.29 is 13.6 Å². The number of anilines is 1. The Morgan fingerprint density at radius 3 is 2.88 bits per heavy atom. The van der Waals surface area contributed by atoms with Gasteiger partial charge in [-0.3, -0.25) is 9.69 Å². The first kappa shape index (κ1) is 16.6. The van der Waals surface area contributed by atoms with Gasteiger partial charge in [0.2, 0.25) is 5.91 Å². The molecule has 0 unspecified atom stereocenters. The summed E-state index contributed by atoms with van der Waals surface area (Å²) in [6.45, 7) is 2.09. The number of nitrogens with one attached hydrogen (secondary N) is 1. The van der Waals surface area contributed by atoms with Gasteiger partial charge in [-0.2, -0.15) is 0 Å². The molecule has 1 aliphatic carbocycles. The zero-order chi connectivity index (χ0) is 17.4. The van der Waals surface area contributed by atoms with E-state index in [1.807, 2.05) is 0 Å². The van der Waals surface area contributed by atoms with Gasteiger partial charge < -0.3 is 5.32 Å². The minimum atomic E-state index is -0.820. The van der Waals surface area contributed by atoms with E-state index >= 15 is 0 Å². The molecule has 1 aromatic carbocycles. The molecule has 0 bridgehead atoms. The van der Waals surface area contributed by atoms with Gasteiger partial charge in [-0.15, -0.1) is 11.3 Å². The first-order valence-electron chi connectivity index (χ1n) is 8.54. The first-order chi connectivity index (χ1) is 12.1. The van der Waals surface area contributed by atoms with Crippen LogP contribution in [0.3, 0.4) is 0 Å². The molecule has 0 atom stereocenters. The van der Waals surface area contributed by atoms with Crippen LogP contribution in [0.15, 0.2) is 18.2 Å². The van der Waals surface area contributed by atoms with E-state index in [4.69, 9.17) is 0 Å². The number of rotatable bonds is 4. The molecule has 25 heavy (non-hydrogen) atoms. The molecule has 4 nitrogen and oxygen atoms in total. The summed E-state index contributed by atoms with van der Waals surface area (Å²) in [6, 6.07) is 4.04. The largest absolute Gasteiger partial charge is 0.302 e. The van der Waals surface area contributed by atoms with E-state index in [1.54, 1.807) is 6.07 Å². The summed E-state index contributed by atoms with van der Waals surface area (Å²) < 4.78 is 26.4. The summed E-state index contributed by atoms with van der Waals surface area (Å²) in [4.78, 5) is 19.9. The molecule has 1 saturated carbocycles. The number of carbonyl (C=O) groups excluding carboxylic acids is 1. The number of halogens is 2. The number of nitrogens with zero attached hydrogens (tertiary/aromatic N) is 2. The van der Waals surface area contributed by atoms with Gasteiger partial charge in [0.25, 0.3) is 0 Å². The van der Waals surface area contributed by atoms with E-state index in [9.17, 15) is 13.6 Å². The van der Waals surface area contributed by atoms with Crippen molar-refractivity contribution in [3.8, 4) is 0 Å². The van der Waals surface area contributed by atoms with Crippen LogP contribution in [0.2, 0.25) is 0 Å². The molecule has 0 saturated heterocycles. The molecule has 0 radical (unpaired) electrons. The second kappa shape index (κ2) is 6.80. The number of benzene rings is 1. The van der Waals surface area contributed by atoms with Crippen molar-refractivity contribution in [1.82, 2.24) is 9.88 Å². The maximum absolute atomic E-state index is 13.4. The third-order valence-corrected chi connectivity index (χ3v) is 5.90. The molecule has 1 amide bonds. The zero-order valence-corrected chi connectivity index (χ0v) is 14.5. The average Bonchev–Trinajstić information content (AvgIpc) is 2.90. The molecule has 1 N–H and O–H groups in total. The minimum absolute atomic E-state index is 0.0796.